The topological polar surface area (TPSA) is 49.3 Å². The van der Waals surface area contributed by atoms with Gasteiger partial charge in [0, 0.05) is 12.5 Å². The lowest BCUT2D eigenvalue weighted by molar-refractivity contribution is -0.125. The van der Waals surface area contributed by atoms with E-state index in [1.54, 1.807) is 6.92 Å². The summed E-state index contributed by atoms with van der Waals surface area (Å²) in [6, 6.07) is 0. The number of hydrogen-bond donors (Lipinski definition) is 2. The number of nitrogens with one attached hydrogen (secondary N) is 1. The van der Waals surface area contributed by atoms with E-state index < -0.39 is 6.10 Å². The molecule has 2 N–H and O–H groups in total. The normalized spacial score (nSPS) is 21.1. The van der Waals surface area contributed by atoms with Gasteiger partial charge in [-0.05, 0) is 31.3 Å². The van der Waals surface area contributed by atoms with E-state index in [2.05, 4.69) is 5.32 Å². The van der Waals surface area contributed by atoms with Crippen LogP contribution in [0.2, 0.25) is 0 Å². The van der Waals surface area contributed by atoms with Gasteiger partial charge in [-0.3, -0.25) is 4.79 Å². The first-order chi connectivity index (χ1) is 6.20. The van der Waals surface area contributed by atoms with Gasteiger partial charge in [0.05, 0.1) is 6.10 Å². The molecule has 3 nitrogen and oxygen atoms in total. The molecule has 0 bridgehead atoms. The Hall–Kier alpha value is -0.220. The van der Waals surface area contributed by atoms with Crippen LogP contribution in [0.4, 0.5) is 0 Å². The minimum Gasteiger partial charge on any atom is -0.392 e. The first-order valence-electron chi connectivity index (χ1n) is 4.73. The number of aliphatic hydroxyl groups is 1. The van der Waals surface area contributed by atoms with Crippen molar-refractivity contribution in [1.29, 1.82) is 0 Å². The van der Waals surface area contributed by atoms with Gasteiger partial charge < -0.3 is 10.4 Å². The molecule has 1 aliphatic rings. The molecule has 1 amide bonds. The van der Waals surface area contributed by atoms with Crippen LogP contribution in [0.5, 0.6) is 0 Å². The number of carbonyl (C=O) groups is 1. The van der Waals surface area contributed by atoms with E-state index in [9.17, 15) is 4.79 Å². The Bertz CT molecular complexity index is 167. The summed E-state index contributed by atoms with van der Waals surface area (Å²) in [6.07, 6.45) is 1.52. The molecule has 13 heavy (non-hydrogen) atoms. The molecular formula is C9H17NO2S. The fraction of sp³-hybridized carbons (Fsp3) is 0.889. The maximum Gasteiger partial charge on any atom is 0.223 e. The monoisotopic (exact) mass is 203 g/mol. The van der Waals surface area contributed by atoms with Crippen LogP contribution in [-0.2, 0) is 4.79 Å². The Labute approximate surface area is 83.3 Å². The van der Waals surface area contributed by atoms with Crippen LogP contribution in [0.25, 0.3) is 0 Å². The highest BCUT2D eigenvalue weighted by molar-refractivity contribution is 7.99. The van der Waals surface area contributed by atoms with E-state index in [0.29, 0.717) is 6.54 Å². The van der Waals surface area contributed by atoms with Gasteiger partial charge in [-0.25, -0.2) is 0 Å². The van der Waals surface area contributed by atoms with Crippen LogP contribution in [0.1, 0.15) is 19.8 Å². The Balaban J connectivity index is 2.21. The molecule has 0 aromatic rings. The van der Waals surface area contributed by atoms with Gasteiger partial charge in [0.1, 0.15) is 0 Å². The molecule has 0 aromatic carbocycles. The molecule has 1 saturated heterocycles. The molecular weight excluding hydrogens is 186 g/mol. The predicted molar refractivity (Wildman–Crippen MR) is 54.7 cm³/mol. The van der Waals surface area contributed by atoms with Gasteiger partial charge >= 0.3 is 0 Å². The van der Waals surface area contributed by atoms with Crippen molar-refractivity contribution in [3.8, 4) is 0 Å². The molecule has 0 saturated carbocycles. The molecule has 1 rings (SSSR count). The molecule has 1 aliphatic heterocycles. The van der Waals surface area contributed by atoms with E-state index in [4.69, 9.17) is 5.11 Å². The average molecular weight is 203 g/mol. The third-order valence-electron chi connectivity index (χ3n) is 2.16. The van der Waals surface area contributed by atoms with Crippen LogP contribution in [-0.4, -0.2) is 35.2 Å². The fourth-order valence-corrected chi connectivity index (χ4v) is 2.46. The van der Waals surface area contributed by atoms with Gasteiger partial charge in [-0.1, -0.05) is 0 Å². The van der Waals surface area contributed by atoms with Crippen molar-refractivity contribution in [1.82, 2.24) is 5.32 Å². The van der Waals surface area contributed by atoms with Crippen molar-refractivity contribution in [3.63, 3.8) is 0 Å². The predicted octanol–water partition coefficient (Wildman–Crippen LogP) is 0.627. The summed E-state index contributed by atoms with van der Waals surface area (Å²) in [6.45, 7) is 2.06. The third-order valence-corrected chi connectivity index (χ3v) is 3.21. The Morgan fingerprint density at radius 3 is 2.77 bits per heavy atom. The van der Waals surface area contributed by atoms with Gasteiger partial charge in [0.25, 0.3) is 0 Å². The van der Waals surface area contributed by atoms with Crippen LogP contribution >= 0.6 is 11.8 Å². The minimum absolute atomic E-state index is 0.112. The van der Waals surface area contributed by atoms with Crippen molar-refractivity contribution in [2.24, 2.45) is 5.92 Å². The van der Waals surface area contributed by atoms with Gasteiger partial charge in [0.15, 0.2) is 0 Å². The quantitative estimate of drug-likeness (QED) is 0.707. The number of thioether (sulfide) groups is 1. The van der Waals surface area contributed by atoms with Crippen molar-refractivity contribution in [2.45, 2.75) is 25.9 Å². The summed E-state index contributed by atoms with van der Waals surface area (Å²) in [7, 11) is 0. The number of hydrogen-bond acceptors (Lipinski definition) is 3. The summed E-state index contributed by atoms with van der Waals surface area (Å²) in [4.78, 5) is 11.5. The van der Waals surface area contributed by atoms with E-state index in [0.717, 1.165) is 24.3 Å². The molecule has 1 fully saturated rings. The first-order valence-corrected chi connectivity index (χ1v) is 5.89. The summed E-state index contributed by atoms with van der Waals surface area (Å²) >= 11 is 1.91. The largest absolute Gasteiger partial charge is 0.392 e. The average Bonchev–Trinajstić information content (AvgIpc) is 2.15. The molecule has 1 unspecified atom stereocenters. The van der Waals surface area contributed by atoms with Crippen LogP contribution in [0, 0.1) is 5.92 Å². The molecule has 4 heteroatoms. The summed E-state index contributed by atoms with van der Waals surface area (Å²) in [5.41, 5.74) is 0. The van der Waals surface area contributed by atoms with Gasteiger partial charge in [-0.15, -0.1) is 0 Å². The Morgan fingerprint density at radius 2 is 2.23 bits per heavy atom. The minimum atomic E-state index is -0.443. The maximum absolute atomic E-state index is 11.5. The van der Waals surface area contributed by atoms with Crippen LogP contribution < -0.4 is 5.32 Å². The number of carbonyl (C=O) groups excluding carboxylic acids is 1. The number of rotatable bonds is 3. The third kappa shape index (κ3) is 4.00. The lowest BCUT2D eigenvalue weighted by Crippen LogP contribution is -2.36. The maximum atomic E-state index is 11.5. The van der Waals surface area contributed by atoms with Crippen LogP contribution in [0.3, 0.4) is 0 Å². The van der Waals surface area contributed by atoms with Gasteiger partial charge in [0.2, 0.25) is 5.91 Å². The molecule has 1 heterocycles. The number of amides is 1. The lowest BCUT2D eigenvalue weighted by Gasteiger charge is -2.20. The summed E-state index contributed by atoms with van der Waals surface area (Å²) < 4.78 is 0. The highest BCUT2D eigenvalue weighted by Crippen LogP contribution is 2.22. The van der Waals surface area contributed by atoms with E-state index in [1.165, 1.54) is 0 Å². The molecule has 0 spiro atoms. The summed E-state index contributed by atoms with van der Waals surface area (Å²) in [5, 5.41) is 11.7. The zero-order valence-electron chi connectivity index (χ0n) is 7.95. The van der Waals surface area contributed by atoms with Crippen molar-refractivity contribution >= 4 is 17.7 Å². The molecule has 0 aromatic heterocycles. The lowest BCUT2D eigenvalue weighted by atomic mass is 10.0. The second-order valence-corrected chi connectivity index (χ2v) is 4.71. The zero-order chi connectivity index (χ0) is 9.68. The van der Waals surface area contributed by atoms with E-state index >= 15 is 0 Å². The summed E-state index contributed by atoms with van der Waals surface area (Å²) in [5.74, 6) is 2.47. The second-order valence-electron chi connectivity index (χ2n) is 3.48. The fourth-order valence-electron chi connectivity index (χ4n) is 1.35. The van der Waals surface area contributed by atoms with Crippen molar-refractivity contribution in [2.75, 3.05) is 18.1 Å². The first kappa shape index (κ1) is 10.9. The molecule has 1 atom stereocenters. The van der Waals surface area contributed by atoms with Crippen LogP contribution in [0.15, 0.2) is 0 Å². The second kappa shape index (κ2) is 5.50. The molecule has 76 valence electrons. The molecule has 0 aliphatic carbocycles. The molecule has 0 radical (unpaired) electrons. The SMILES string of the molecule is CC(O)CNC(=O)C1CCSCC1. The van der Waals surface area contributed by atoms with Crippen molar-refractivity contribution < 1.29 is 9.90 Å². The Kier molecular flexibility index (Phi) is 4.59. The van der Waals surface area contributed by atoms with Gasteiger partial charge in [-0.2, -0.15) is 11.8 Å². The van der Waals surface area contributed by atoms with E-state index in [-0.39, 0.29) is 11.8 Å². The zero-order valence-corrected chi connectivity index (χ0v) is 8.77. The highest BCUT2D eigenvalue weighted by atomic mass is 32.2. The Morgan fingerprint density at radius 1 is 1.62 bits per heavy atom. The number of aliphatic hydroxyl groups excluding tert-OH is 1. The van der Waals surface area contributed by atoms with E-state index in [1.807, 2.05) is 11.8 Å². The highest BCUT2D eigenvalue weighted by Gasteiger charge is 2.20. The standard InChI is InChI=1S/C9H17NO2S/c1-7(11)6-10-9(12)8-2-4-13-5-3-8/h7-8,11H,2-6H2,1H3,(H,10,12). The smallest absolute Gasteiger partial charge is 0.223 e. The van der Waals surface area contributed by atoms with Crippen molar-refractivity contribution in [3.05, 3.63) is 0 Å².